The molecule has 0 spiro atoms. The number of H-pyrrole nitrogens is 1. The van der Waals surface area contributed by atoms with Crippen molar-refractivity contribution in [2.45, 2.75) is 76.2 Å². The molecule has 0 radical (unpaired) electrons. The van der Waals surface area contributed by atoms with E-state index in [9.17, 15) is 41.6 Å². The Bertz CT molecular complexity index is 3120. The van der Waals surface area contributed by atoms with Crippen molar-refractivity contribution >= 4 is 60.9 Å². The molecule has 2 fully saturated rings. The van der Waals surface area contributed by atoms with Crippen LogP contribution in [-0.4, -0.2) is 84.1 Å². The summed E-state index contributed by atoms with van der Waals surface area (Å²) in [4.78, 5) is 38.0. The van der Waals surface area contributed by atoms with E-state index >= 15 is 0 Å². The lowest BCUT2D eigenvalue weighted by Gasteiger charge is -2.39. The smallest absolute Gasteiger partial charge is 0.293 e. The molecule has 70 heavy (non-hydrogen) atoms. The lowest BCUT2D eigenvalue weighted by molar-refractivity contribution is -0.384. The zero-order valence-corrected chi connectivity index (χ0v) is 40.6. The van der Waals surface area contributed by atoms with Crippen molar-refractivity contribution in [1.82, 2.24) is 19.6 Å². The second-order valence-corrected chi connectivity index (χ2v) is 22.3. The minimum Gasteiger partial charge on any atom is -0.455 e. The summed E-state index contributed by atoms with van der Waals surface area (Å²) < 4.78 is 78.6. The summed E-state index contributed by atoms with van der Waals surface area (Å²) in [5.74, 6) is -3.61. The number of allylic oxidation sites excluding steroid dienone is 1. The van der Waals surface area contributed by atoms with E-state index in [4.69, 9.17) is 4.74 Å². The molecule has 0 atom stereocenters. The molecule has 4 heterocycles. The maximum atomic E-state index is 14.8. The predicted molar refractivity (Wildman–Crippen MR) is 264 cm³/mol. The Hall–Kier alpha value is -6.28. The van der Waals surface area contributed by atoms with Crippen LogP contribution >= 0.6 is 11.3 Å². The summed E-state index contributed by atoms with van der Waals surface area (Å²) in [7, 11) is -4.63. The van der Waals surface area contributed by atoms with Crippen LogP contribution in [0.2, 0.25) is 0 Å². The predicted octanol–water partition coefficient (Wildman–Crippen LogP) is 10.7. The Balaban J connectivity index is 0.917. The maximum Gasteiger partial charge on any atom is 0.293 e. The number of amides is 1. The van der Waals surface area contributed by atoms with Crippen LogP contribution in [0.4, 0.5) is 30.2 Å². The first kappa shape index (κ1) is 48.7. The second-order valence-electron chi connectivity index (χ2n) is 19.7. The van der Waals surface area contributed by atoms with E-state index in [1.165, 1.54) is 46.9 Å². The second kappa shape index (κ2) is 19.5. The molecular weight excluding hydrogens is 944 g/mol. The minimum atomic E-state index is -4.63. The number of nitro benzene ring substituents is 1. The van der Waals surface area contributed by atoms with E-state index in [-0.39, 0.29) is 33.9 Å². The third-order valence-electron chi connectivity index (χ3n) is 13.8. The number of benzene rings is 3. The van der Waals surface area contributed by atoms with Gasteiger partial charge in [0.05, 0.1) is 27.2 Å². The molecule has 368 valence electrons. The first-order valence-corrected chi connectivity index (χ1v) is 25.6. The number of sulfonamides is 1. The molecule has 6 aromatic rings. The van der Waals surface area contributed by atoms with E-state index in [1.807, 2.05) is 12.1 Å². The van der Waals surface area contributed by atoms with Gasteiger partial charge in [0.1, 0.15) is 28.7 Å². The molecule has 0 unspecified atom stereocenters. The number of ether oxygens (including phenoxy) is 1. The quantitative estimate of drug-likeness (QED) is 0.0463. The fourth-order valence-electron chi connectivity index (χ4n) is 9.64. The van der Waals surface area contributed by atoms with Crippen molar-refractivity contribution in [3.8, 4) is 22.6 Å². The highest BCUT2D eigenvalue weighted by molar-refractivity contribution is 7.90. The number of nitrogens with one attached hydrogen (secondary N) is 3. The summed E-state index contributed by atoms with van der Waals surface area (Å²) in [6.07, 6.45) is 8.62. The highest BCUT2D eigenvalue weighted by atomic mass is 32.2. The molecule has 0 bridgehead atoms. The molecule has 4 N–H and O–H groups in total. The Morgan fingerprint density at radius 1 is 0.971 bits per heavy atom. The number of anilines is 2. The van der Waals surface area contributed by atoms with Crippen LogP contribution < -0.4 is 19.7 Å². The van der Waals surface area contributed by atoms with Gasteiger partial charge in [0.25, 0.3) is 21.6 Å². The number of rotatable bonds is 14. The van der Waals surface area contributed by atoms with Crippen molar-refractivity contribution < 1.29 is 41.2 Å². The van der Waals surface area contributed by atoms with Crippen molar-refractivity contribution in [2.75, 3.05) is 49.5 Å². The van der Waals surface area contributed by atoms with Crippen LogP contribution in [0.5, 0.6) is 11.5 Å². The van der Waals surface area contributed by atoms with Gasteiger partial charge in [-0.05, 0) is 128 Å². The van der Waals surface area contributed by atoms with E-state index in [0.29, 0.717) is 68.6 Å². The number of aromatic nitrogens is 2. The van der Waals surface area contributed by atoms with E-state index < -0.39 is 54.5 Å². The van der Waals surface area contributed by atoms with Gasteiger partial charge in [-0.2, -0.15) is 0 Å². The standard InChI is InChI=1S/C51H54F3N7O7S2/c1-50(2)12-10-33(40(26-50)47-21-34(30-69-47)39-24-42(53)43(54)25-41(39)52)29-59-16-18-60(19-17-59)35-4-6-38(46(22-35)68-36-20-32-11-15-55-48(32)57-28-36)49(62)58-70(66,67)37-5-7-44(45(23-37)61(64)65)56-27-31-8-13-51(3,63)14-9-31/h4-7,11,15,20-25,28,30-31,56,63H,8-10,12-14,16-19,26-27,29H2,1-3H3,(H,55,57)(H,58,62)/t31-,51-. The van der Waals surface area contributed by atoms with Gasteiger partial charge in [0, 0.05) is 85.2 Å². The first-order valence-electron chi connectivity index (χ1n) is 23.3. The number of aliphatic hydroxyl groups is 1. The van der Waals surface area contributed by atoms with Gasteiger partial charge < -0.3 is 25.0 Å². The number of carbonyl (C=O) groups is 1. The number of thiophene rings is 1. The van der Waals surface area contributed by atoms with Gasteiger partial charge in [-0.15, -0.1) is 11.3 Å². The molecule has 1 amide bonds. The molecule has 1 saturated carbocycles. The van der Waals surface area contributed by atoms with Crippen molar-refractivity contribution in [2.24, 2.45) is 11.3 Å². The number of fused-ring (bicyclic) bond motifs is 1. The van der Waals surface area contributed by atoms with Crippen molar-refractivity contribution in [1.29, 1.82) is 0 Å². The Morgan fingerprint density at radius 3 is 2.49 bits per heavy atom. The Labute approximate surface area is 407 Å². The van der Waals surface area contributed by atoms with Crippen molar-refractivity contribution in [3.05, 3.63) is 128 Å². The number of hydrogen-bond donors (Lipinski definition) is 4. The third-order valence-corrected chi connectivity index (χ3v) is 16.2. The molecular formula is C51H54F3N7O7S2. The third kappa shape index (κ3) is 10.9. The van der Waals surface area contributed by atoms with Crippen LogP contribution in [0.3, 0.4) is 0 Å². The molecule has 3 aromatic heterocycles. The van der Waals surface area contributed by atoms with Crippen LogP contribution in [0.25, 0.3) is 27.7 Å². The number of carbonyl (C=O) groups excluding carboxylic acids is 1. The topological polar surface area (TPSA) is 183 Å². The largest absolute Gasteiger partial charge is 0.455 e. The highest BCUT2D eigenvalue weighted by Gasteiger charge is 2.32. The summed E-state index contributed by atoms with van der Waals surface area (Å²) in [5.41, 5.74) is 3.25. The normalized spacial score (nSPS) is 19.9. The number of halogens is 3. The number of nitrogens with zero attached hydrogens (tertiary/aromatic N) is 4. The van der Waals surface area contributed by atoms with E-state index in [0.717, 1.165) is 66.7 Å². The van der Waals surface area contributed by atoms with Crippen LogP contribution in [0.15, 0.2) is 95.0 Å². The molecule has 3 aliphatic rings. The SMILES string of the molecule is CC1(C)CCC(CN2CCN(c3ccc(C(=O)NS(=O)(=O)c4ccc(NC[C@H]5CC[C@](C)(O)CC5)c([N+](=O)[O-])c4)c(Oc4cnc5[nH]ccc5c4)c3)CC2)=C(c2cc(-c3cc(F)c(F)cc3F)cs2)C1. The Morgan fingerprint density at radius 2 is 1.73 bits per heavy atom. The summed E-state index contributed by atoms with van der Waals surface area (Å²) in [6, 6.07) is 15.3. The van der Waals surface area contributed by atoms with Crippen LogP contribution in [0, 0.1) is 38.9 Å². The Kier molecular flexibility index (Phi) is 13.6. The number of aromatic amines is 1. The van der Waals surface area contributed by atoms with Gasteiger partial charge in [0.2, 0.25) is 0 Å². The zero-order valence-electron chi connectivity index (χ0n) is 39.0. The number of piperazine rings is 1. The molecule has 9 rings (SSSR count). The number of pyridine rings is 1. The van der Waals surface area contributed by atoms with E-state index in [1.54, 1.807) is 36.7 Å². The van der Waals surface area contributed by atoms with Gasteiger partial charge in [-0.3, -0.25) is 19.8 Å². The van der Waals surface area contributed by atoms with Gasteiger partial charge in [0.15, 0.2) is 11.6 Å². The fourth-order valence-corrected chi connectivity index (χ4v) is 11.6. The monoisotopic (exact) mass is 997 g/mol. The molecule has 14 nitrogen and oxygen atoms in total. The average molecular weight is 998 g/mol. The molecule has 19 heteroatoms. The zero-order chi connectivity index (χ0) is 49.5. The highest BCUT2D eigenvalue weighted by Crippen LogP contribution is 2.46. The van der Waals surface area contributed by atoms with Gasteiger partial charge in [-0.1, -0.05) is 19.4 Å². The summed E-state index contributed by atoms with van der Waals surface area (Å²) in [6.45, 7) is 10.0. The fraction of sp³-hybridized carbons (Fsp3) is 0.373. The average Bonchev–Trinajstić information content (AvgIpc) is 4.01. The molecule has 2 aliphatic carbocycles. The lowest BCUT2D eigenvalue weighted by Crippen LogP contribution is -2.47. The van der Waals surface area contributed by atoms with Gasteiger partial charge in [-0.25, -0.2) is 31.3 Å². The maximum absolute atomic E-state index is 14.8. The van der Waals surface area contributed by atoms with Crippen LogP contribution in [-0.2, 0) is 10.0 Å². The van der Waals surface area contributed by atoms with Gasteiger partial charge >= 0.3 is 0 Å². The first-order chi connectivity index (χ1) is 33.3. The van der Waals surface area contributed by atoms with Crippen molar-refractivity contribution in [3.63, 3.8) is 0 Å². The number of nitro groups is 1. The number of hydrogen-bond acceptors (Lipinski definition) is 12. The van der Waals surface area contributed by atoms with Crippen LogP contribution in [0.1, 0.15) is 81.0 Å². The minimum absolute atomic E-state index is 0.0198. The van der Waals surface area contributed by atoms with E-state index in [2.05, 4.69) is 43.7 Å². The summed E-state index contributed by atoms with van der Waals surface area (Å²) in [5, 5.41) is 28.1. The molecule has 1 saturated heterocycles. The molecule has 1 aliphatic heterocycles. The lowest BCUT2D eigenvalue weighted by atomic mass is 9.73. The summed E-state index contributed by atoms with van der Waals surface area (Å²) >= 11 is 1.47. The molecule has 3 aromatic carbocycles.